The Morgan fingerprint density at radius 3 is 2.88 bits per heavy atom. The third-order valence-corrected chi connectivity index (χ3v) is 0.741. The van der Waals surface area contributed by atoms with Gasteiger partial charge in [0.05, 0.1) is 0 Å². The minimum atomic E-state index is -0.685. The van der Waals surface area contributed by atoms with E-state index in [0.29, 0.717) is 0 Å². The first-order valence-electron chi connectivity index (χ1n) is 1.78. The van der Waals surface area contributed by atoms with Gasteiger partial charge in [-0.25, -0.2) is 0 Å². The Morgan fingerprint density at radius 1 is 1.88 bits per heavy atom. The van der Waals surface area contributed by atoms with E-state index in [9.17, 15) is 4.79 Å². The van der Waals surface area contributed by atoms with Gasteiger partial charge in [0.15, 0.2) is 0 Å². The maximum atomic E-state index is 10.1. The van der Waals surface area contributed by atoms with E-state index in [1.54, 1.807) is 0 Å². The molecule has 0 bridgehead atoms. The Labute approximate surface area is 49.4 Å². The van der Waals surface area contributed by atoms with Crippen molar-refractivity contribution in [3.63, 3.8) is 0 Å². The molecule has 1 heterocycles. The number of carbonyl (C=O) groups is 1. The van der Waals surface area contributed by atoms with Crippen molar-refractivity contribution in [2.75, 3.05) is 0 Å². The van der Waals surface area contributed by atoms with Crippen LogP contribution in [0, 0.1) is 0 Å². The van der Waals surface area contributed by atoms with E-state index in [1.165, 1.54) is 0 Å². The minimum absolute atomic E-state index is 0.0355. The number of rotatable bonds is 1. The Bertz CT molecular complexity index is 183. The number of carbonyl (C=O) groups excluding carboxylic acids is 1. The van der Waals surface area contributed by atoms with Gasteiger partial charge in [-0.2, -0.15) is 0 Å². The largest absolute Gasteiger partial charge is 0.332 e. The van der Waals surface area contributed by atoms with Crippen LogP contribution in [0.1, 0.15) is 10.6 Å². The number of halogens is 1. The molecule has 0 saturated carbocycles. The van der Waals surface area contributed by atoms with Gasteiger partial charge in [-0.1, -0.05) is 0 Å². The van der Waals surface area contributed by atoms with Crippen molar-refractivity contribution < 1.29 is 9.32 Å². The van der Waals surface area contributed by atoms with Gasteiger partial charge in [-0.05, 0) is 11.6 Å². The van der Waals surface area contributed by atoms with Gasteiger partial charge < -0.3 is 4.52 Å². The molecule has 0 radical (unpaired) electrons. The summed E-state index contributed by atoms with van der Waals surface area (Å²) in [4.78, 5) is 10.1. The van der Waals surface area contributed by atoms with Gasteiger partial charge in [0, 0.05) is 5.27 Å². The molecule has 4 nitrogen and oxygen atoms in total. The van der Waals surface area contributed by atoms with Gasteiger partial charge in [0.1, 0.15) is 6.20 Å². The van der Waals surface area contributed by atoms with Crippen LogP contribution in [0.5, 0.6) is 0 Å². The van der Waals surface area contributed by atoms with E-state index in [4.69, 9.17) is 11.6 Å². The Morgan fingerprint density at radius 2 is 2.62 bits per heavy atom. The first kappa shape index (κ1) is 5.24. The Hall–Kier alpha value is -0.900. The summed E-state index contributed by atoms with van der Waals surface area (Å²) in [6.45, 7) is 0. The van der Waals surface area contributed by atoms with E-state index >= 15 is 0 Å². The summed E-state index contributed by atoms with van der Waals surface area (Å²) in [7, 11) is 0. The van der Waals surface area contributed by atoms with Crippen molar-refractivity contribution in [2.45, 2.75) is 0 Å². The molecule has 0 atom stereocenters. The normalized spacial score (nSPS) is 9.12. The molecular formula is C3HClN2O2. The van der Waals surface area contributed by atoms with Crippen molar-refractivity contribution in [3.05, 3.63) is 12.0 Å². The molecule has 5 heteroatoms. The summed E-state index contributed by atoms with van der Waals surface area (Å²) in [5.41, 5.74) is 0. The van der Waals surface area contributed by atoms with Crippen LogP contribution in [0.2, 0.25) is 0 Å². The topological polar surface area (TPSA) is 56.0 Å². The average molecular weight is 133 g/mol. The Balaban J connectivity index is 2.93. The molecule has 1 rings (SSSR count). The standard InChI is InChI=1S/C3HClN2O2/c4-3(7)2-1-5-6-8-2/h1H. The highest BCUT2D eigenvalue weighted by atomic mass is 35.5. The summed E-state index contributed by atoms with van der Waals surface area (Å²) in [5.74, 6) is -0.0355. The van der Waals surface area contributed by atoms with Crippen molar-refractivity contribution in [2.24, 2.45) is 0 Å². The SMILES string of the molecule is O=C(Cl)c1cnno1. The van der Waals surface area contributed by atoms with Crippen molar-refractivity contribution >= 4 is 16.8 Å². The lowest BCUT2D eigenvalue weighted by Crippen LogP contribution is -1.81. The molecule has 0 fully saturated rings. The second-order valence-corrected chi connectivity index (χ2v) is 1.40. The monoisotopic (exact) mass is 132 g/mol. The number of nitrogens with zero attached hydrogens (tertiary/aromatic N) is 2. The summed E-state index contributed by atoms with van der Waals surface area (Å²) in [6, 6.07) is 0. The van der Waals surface area contributed by atoms with Crippen LogP contribution in [0.4, 0.5) is 0 Å². The van der Waals surface area contributed by atoms with Crippen LogP contribution >= 0.6 is 11.6 Å². The zero-order valence-electron chi connectivity index (χ0n) is 3.67. The van der Waals surface area contributed by atoms with Crippen molar-refractivity contribution in [3.8, 4) is 0 Å². The molecule has 0 aliphatic heterocycles. The van der Waals surface area contributed by atoms with Gasteiger partial charge >= 0.3 is 0 Å². The second-order valence-electron chi connectivity index (χ2n) is 1.06. The number of hydrogen-bond donors (Lipinski definition) is 0. The fourth-order valence-corrected chi connectivity index (χ4v) is 0.337. The maximum absolute atomic E-state index is 10.1. The van der Waals surface area contributed by atoms with Crippen LogP contribution in [-0.4, -0.2) is 15.6 Å². The van der Waals surface area contributed by atoms with Crippen LogP contribution in [0.3, 0.4) is 0 Å². The Kier molecular flexibility index (Phi) is 1.26. The summed E-state index contributed by atoms with van der Waals surface area (Å²) >= 11 is 4.93. The predicted molar refractivity (Wildman–Crippen MR) is 24.5 cm³/mol. The van der Waals surface area contributed by atoms with Gasteiger partial charge in [0.2, 0.25) is 5.76 Å². The smallest absolute Gasteiger partial charge is 0.292 e. The molecule has 1 aromatic rings. The second kappa shape index (κ2) is 1.92. The zero-order chi connectivity index (χ0) is 5.98. The minimum Gasteiger partial charge on any atom is -0.332 e. The summed E-state index contributed by atoms with van der Waals surface area (Å²) < 4.78 is 4.25. The highest BCUT2D eigenvalue weighted by Crippen LogP contribution is 1.97. The molecule has 0 saturated heterocycles. The fourth-order valence-electron chi connectivity index (χ4n) is 0.254. The molecule has 0 spiro atoms. The lowest BCUT2D eigenvalue weighted by molar-refractivity contribution is 0.104. The van der Waals surface area contributed by atoms with Crippen LogP contribution in [0.25, 0.3) is 0 Å². The molecule has 0 aromatic carbocycles. The molecule has 8 heavy (non-hydrogen) atoms. The van der Waals surface area contributed by atoms with E-state index in [-0.39, 0.29) is 5.76 Å². The molecule has 0 N–H and O–H groups in total. The molecule has 1 aromatic heterocycles. The van der Waals surface area contributed by atoms with Crippen LogP contribution in [-0.2, 0) is 0 Å². The first-order chi connectivity index (χ1) is 3.80. The summed E-state index contributed by atoms with van der Waals surface area (Å²) in [5, 5.41) is 5.55. The predicted octanol–water partition coefficient (Wildman–Crippen LogP) is 0.449. The van der Waals surface area contributed by atoms with Crippen LogP contribution in [0.15, 0.2) is 10.7 Å². The lowest BCUT2D eigenvalue weighted by Gasteiger charge is -1.72. The van der Waals surface area contributed by atoms with Gasteiger partial charge in [0.25, 0.3) is 5.24 Å². The first-order valence-corrected chi connectivity index (χ1v) is 2.15. The molecule has 0 unspecified atom stereocenters. The highest BCUT2D eigenvalue weighted by Gasteiger charge is 2.04. The average Bonchev–Trinajstić information content (AvgIpc) is 2.12. The van der Waals surface area contributed by atoms with Crippen molar-refractivity contribution in [1.82, 2.24) is 10.4 Å². The van der Waals surface area contributed by atoms with Crippen LogP contribution < -0.4 is 0 Å². The number of hydrogen-bond acceptors (Lipinski definition) is 4. The maximum Gasteiger partial charge on any atom is 0.292 e. The van der Waals surface area contributed by atoms with Crippen molar-refractivity contribution in [1.29, 1.82) is 0 Å². The van der Waals surface area contributed by atoms with E-state index in [0.717, 1.165) is 6.20 Å². The van der Waals surface area contributed by atoms with Gasteiger partial charge in [-0.15, -0.1) is 5.10 Å². The molecule has 0 amide bonds. The van der Waals surface area contributed by atoms with E-state index in [1.807, 2.05) is 0 Å². The number of aromatic nitrogens is 2. The molecule has 0 aliphatic rings. The van der Waals surface area contributed by atoms with Gasteiger partial charge in [-0.3, -0.25) is 4.79 Å². The molecular weight excluding hydrogens is 131 g/mol. The van der Waals surface area contributed by atoms with E-state index < -0.39 is 5.24 Å². The van der Waals surface area contributed by atoms with E-state index in [2.05, 4.69) is 14.9 Å². The summed E-state index contributed by atoms with van der Waals surface area (Å²) in [6.07, 6.45) is 1.15. The third-order valence-electron chi connectivity index (χ3n) is 0.555. The quantitative estimate of drug-likeness (QED) is 0.521. The fraction of sp³-hybridized carbons (Fsp3) is 0. The molecule has 0 aliphatic carbocycles. The zero-order valence-corrected chi connectivity index (χ0v) is 4.42. The third kappa shape index (κ3) is 0.840. The lowest BCUT2D eigenvalue weighted by atomic mass is 10.6. The molecule has 42 valence electrons. The highest BCUT2D eigenvalue weighted by molar-refractivity contribution is 6.67.